The van der Waals surface area contributed by atoms with Gasteiger partial charge < -0.3 is 15.4 Å². The summed E-state index contributed by atoms with van der Waals surface area (Å²) in [7, 11) is 1.72. The minimum absolute atomic E-state index is 0.0684. The molecule has 0 bridgehead atoms. The van der Waals surface area contributed by atoms with Gasteiger partial charge in [-0.1, -0.05) is 36.4 Å². The minimum atomic E-state index is 0.0684. The average molecular weight is 258 g/mol. The van der Waals surface area contributed by atoms with Crippen LogP contribution in [0.1, 0.15) is 6.92 Å². The van der Waals surface area contributed by atoms with Gasteiger partial charge in [-0.3, -0.25) is 0 Å². The molecule has 3 heteroatoms. The van der Waals surface area contributed by atoms with Crippen molar-refractivity contribution >= 4 is 16.5 Å². The van der Waals surface area contributed by atoms with Crippen LogP contribution >= 0.6 is 0 Å². The van der Waals surface area contributed by atoms with E-state index < -0.39 is 0 Å². The highest BCUT2D eigenvalue weighted by Crippen LogP contribution is 2.26. The molecule has 102 valence electrons. The van der Waals surface area contributed by atoms with Crippen LogP contribution in [0, 0.1) is 0 Å². The Labute approximate surface area is 115 Å². The predicted octanol–water partition coefficient (Wildman–Crippen LogP) is 2.64. The maximum atomic E-state index is 5.73. The third kappa shape index (κ3) is 3.06. The zero-order chi connectivity index (χ0) is 13.7. The van der Waals surface area contributed by atoms with Crippen LogP contribution in [0.2, 0.25) is 0 Å². The molecule has 0 aliphatic rings. The number of rotatable bonds is 6. The van der Waals surface area contributed by atoms with Gasteiger partial charge in [-0.15, -0.1) is 0 Å². The molecule has 2 aromatic carbocycles. The van der Waals surface area contributed by atoms with Crippen LogP contribution in [0.3, 0.4) is 0 Å². The van der Waals surface area contributed by atoms with Gasteiger partial charge in [0.15, 0.2) is 0 Å². The van der Waals surface area contributed by atoms with E-state index in [0.717, 1.165) is 13.1 Å². The van der Waals surface area contributed by atoms with Crippen LogP contribution in [0.5, 0.6) is 0 Å². The standard InChI is InChI=1S/C16H22N2O/c1-3-18(12-14(11-17)19-2)16-10-6-8-13-7-4-5-9-15(13)16/h4-10,14H,3,11-12,17H2,1-2H3. The number of fused-ring (bicyclic) bond motifs is 1. The highest BCUT2D eigenvalue weighted by Gasteiger charge is 2.13. The van der Waals surface area contributed by atoms with Gasteiger partial charge in [-0.2, -0.15) is 0 Å². The van der Waals surface area contributed by atoms with Crippen molar-refractivity contribution in [3.8, 4) is 0 Å². The molecule has 1 unspecified atom stereocenters. The molecule has 19 heavy (non-hydrogen) atoms. The van der Waals surface area contributed by atoms with Crippen LogP contribution in [0.25, 0.3) is 10.8 Å². The van der Waals surface area contributed by atoms with E-state index >= 15 is 0 Å². The van der Waals surface area contributed by atoms with Gasteiger partial charge in [0.1, 0.15) is 0 Å². The van der Waals surface area contributed by atoms with E-state index in [9.17, 15) is 0 Å². The summed E-state index contributed by atoms with van der Waals surface area (Å²) in [5.74, 6) is 0. The van der Waals surface area contributed by atoms with Crippen LogP contribution in [-0.4, -0.2) is 32.8 Å². The van der Waals surface area contributed by atoms with Crippen molar-refractivity contribution in [1.82, 2.24) is 0 Å². The molecule has 3 nitrogen and oxygen atoms in total. The molecule has 0 radical (unpaired) electrons. The summed E-state index contributed by atoms with van der Waals surface area (Å²) in [5.41, 5.74) is 6.97. The van der Waals surface area contributed by atoms with Crippen molar-refractivity contribution < 1.29 is 4.74 Å². The molecule has 2 N–H and O–H groups in total. The van der Waals surface area contributed by atoms with Crippen molar-refractivity contribution in [2.45, 2.75) is 13.0 Å². The van der Waals surface area contributed by atoms with Gasteiger partial charge in [-0.05, 0) is 18.4 Å². The number of likely N-dealkylation sites (N-methyl/N-ethyl adjacent to an activating group) is 1. The first-order valence-corrected chi connectivity index (χ1v) is 6.75. The van der Waals surface area contributed by atoms with Crippen molar-refractivity contribution in [3.05, 3.63) is 42.5 Å². The number of hydrogen-bond donors (Lipinski definition) is 1. The average Bonchev–Trinajstić information content (AvgIpc) is 2.48. The highest BCUT2D eigenvalue weighted by atomic mass is 16.5. The van der Waals surface area contributed by atoms with Crippen LogP contribution < -0.4 is 10.6 Å². The van der Waals surface area contributed by atoms with E-state index in [-0.39, 0.29) is 6.10 Å². The molecule has 0 heterocycles. The minimum Gasteiger partial charge on any atom is -0.378 e. The Bertz CT molecular complexity index is 518. The van der Waals surface area contributed by atoms with Crippen LogP contribution in [0.4, 0.5) is 5.69 Å². The van der Waals surface area contributed by atoms with E-state index in [1.807, 2.05) is 0 Å². The van der Waals surface area contributed by atoms with Gasteiger partial charge >= 0.3 is 0 Å². The Hall–Kier alpha value is -1.58. The second-order valence-electron chi connectivity index (χ2n) is 4.63. The van der Waals surface area contributed by atoms with Gasteiger partial charge in [0, 0.05) is 37.8 Å². The molecule has 0 saturated carbocycles. The van der Waals surface area contributed by atoms with E-state index in [4.69, 9.17) is 10.5 Å². The third-order valence-corrected chi connectivity index (χ3v) is 3.51. The molecule has 0 fully saturated rings. The lowest BCUT2D eigenvalue weighted by Gasteiger charge is -2.28. The molecule has 2 aromatic rings. The fourth-order valence-corrected chi connectivity index (χ4v) is 2.37. The molecule has 0 saturated heterocycles. The molecule has 0 aliphatic carbocycles. The first-order valence-electron chi connectivity index (χ1n) is 6.75. The smallest absolute Gasteiger partial charge is 0.0867 e. The molecule has 2 rings (SSSR count). The fraction of sp³-hybridized carbons (Fsp3) is 0.375. The lowest BCUT2D eigenvalue weighted by atomic mass is 10.1. The maximum absolute atomic E-state index is 5.73. The van der Waals surface area contributed by atoms with Gasteiger partial charge in [0.25, 0.3) is 0 Å². The number of nitrogens with zero attached hydrogens (tertiary/aromatic N) is 1. The lowest BCUT2D eigenvalue weighted by Crippen LogP contribution is -2.37. The summed E-state index contributed by atoms with van der Waals surface area (Å²) >= 11 is 0. The van der Waals surface area contributed by atoms with E-state index in [0.29, 0.717) is 6.54 Å². The number of anilines is 1. The first-order chi connectivity index (χ1) is 9.30. The zero-order valence-electron chi connectivity index (χ0n) is 11.7. The Morgan fingerprint density at radius 1 is 1.16 bits per heavy atom. The quantitative estimate of drug-likeness (QED) is 0.865. The number of methoxy groups -OCH3 is 1. The Morgan fingerprint density at radius 2 is 1.89 bits per heavy atom. The fourth-order valence-electron chi connectivity index (χ4n) is 2.37. The van der Waals surface area contributed by atoms with Crippen molar-refractivity contribution in [2.75, 3.05) is 31.6 Å². The number of hydrogen-bond acceptors (Lipinski definition) is 3. The van der Waals surface area contributed by atoms with Crippen LogP contribution in [0.15, 0.2) is 42.5 Å². The molecule has 1 atom stereocenters. The maximum Gasteiger partial charge on any atom is 0.0867 e. The summed E-state index contributed by atoms with van der Waals surface area (Å²) in [4.78, 5) is 2.32. The Kier molecular flexibility index (Phi) is 4.77. The second kappa shape index (κ2) is 6.55. The Morgan fingerprint density at radius 3 is 2.58 bits per heavy atom. The largest absolute Gasteiger partial charge is 0.378 e. The molecule has 0 spiro atoms. The normalized spacial score (nSPS) is 12.6. The zero-order valence-corrected chi connectivity index (χ0v) is 11.7. The van der Waals surface area contributed by atoms with E-state index in [1.54, 1.807) is 7.11 Å². The summed E-state index contributed by atoms with van der Waals surface area (Å²) in [6.07, 6.45) is 0.0684. The van der Waals surface area contributed by atoms with Crippen LogP contribution in [-0.2, 0) is 4.74 Å². The number of nitrogens with two attached hydrogens (primary N) is 1. The summed E-state index contributed by atoms with van der Waals surface area (Å²) in [6.45, 7) is 4.45. The molecule has 0 amide bonds. The third-order valence-electron chi connectivity index (χ3n) is 3.51. The van der Waals surface area contributed by atoms with Gasteiger partial charge in [-0.25, -0.2) is 0 Å². The topological polar surface area (TPSA) is 38.5 Å². The first kappa shape index (κ1) is 13.8. The highest BCUT2D eigenvalue weighted by molar-refractivity contribution is 5.94. The van der Waals surface area contributed by atoms with Gasteiger partial charge in [0.2, 0.25) is 0 Å². The molecule has 0 aliphatic heterocycles. The molecular formula is C16H22N2O. The predicted molar refractivity (Wildman–Crippen MR) is 81.7 cm³/mol. The molecular weight excluding hydrogens is 236 g/mol. The van der Waals surface area contributed by atoms with Crippen molar-refractivity contribution in [3.63, 3.8) is 0 Å². The second-order valence-corrected chi connectivity index (χ2v) is 4.63. The van der Waals surface area contributed by atoms with E-state index in [2.05, 4.69) is 54.3 Å². The summed E-state index contributed by atoms with van der Waals surface area (Å²) in [5, 5.41) is 2.54. The number of ether oxygens (including phenoxy) is 1. The summed E-state index contributed by atoms with van der Waals surface area (Å²) in [6, 6.07) is 14.9. The lowest BCUT2D eigenvalue weighted by molar-refractivity contribution is 0.115. The van der Waals surface area contributed by atoms with Crippen molar-refractivity contribution in [2.24, 2.45) is 5.73 Å². The Balaban J connectivity index is 2.35. The SMILES string of the molecule is CCN(CC(CN)OC)c1cccc2ccccc12. The van der Waals surface area contributed by atoms with Crippen molar-refractivity contribution in [1.29, 1.82) is 0 Å². The summed E-state index contributed by atoms with van der Waals surface area (Å²) < 4.78 is 5.40. The van der Waals surface area contributed by atoms with Gasteiger partial charge in [0.05, 0.1) is 6.10 Å². The van der Waals surface area contributed by atoms with E-state index in [1.165, 1.54) is 16.5 Å². The molecule has 0 aromatic heterocycles. The number of benzene rings is 2. The monoisotopic (exact) mass is 258 g/mol.